The Balaban J connectivity index is 2.95. The number of hydrogen-bond donors (Lipinski definition) is 3. The minimum atomic E-state index is -2.92. The fraction of sp³-hybridized carbons (Fsp3) is 1.00. The zero-order valence-corrected chi connectivity index (χ0v) is 6.21. The monoisotopic (exact) mass is 140 g/mol. The molecule has 0 heterocycles. The van der Waals surface area contributed by atoms with E-state index in [0.717, 1.165) is 0 Å². The molecular formula is CH8O4Si2. The van der Waals surface area contributed by atoms with Gasteiger partial charge in [0.25, 0.3) is 0 Å². The van der Waals surface area contributed by atoms with Crippen LogP contribution in [0.3, 0.4) is 0 Å². The van der Waals surface area contributed by atoms with Crippen molar-refractivity contribution in [3.05, 3.63) is 0 Å². The Labute approximate surface area is 44.8 Å². The van der Waals surface area contributed by atoms with E-state index in [1.54, 1.807) is 0 Å². The second kappa shape index (κ2) is 3.30. The minimum absolute atomic E-state index is 1.45. The van der Waals surface area contributed by atoms with E-state index in [4.69, 9.17) is 14.4 Å². The van der Waals surface area contributed by atoms with Gasteiger partial charge in [-0.25, -0.2) is 0 Å². The van der Waals surface area contributed by atoms with E-state index >= 15 is 0 Å². The highest BCUT2D eigenvalue weighted by molar-refractivity contribution is 6.52. The van der Waals surface area contributed by atoms with Crippen molar-refractivity contribution in [3.63, 3.8) is 0 Å². The van der Waals surface area contributed by atoms with Gasteiger partial charge in [0, 0.05) is 0 Å². The van der Waals surface area contributed by atoms with Crippen LogP contribution in [0, 0.1) is 0 Å². The maximum atomic E-state index is 8.35. The zero-order valence-electron chi connectivity index (χ0n) is 3.90. The summed E-state index contributed by atoms with van der Waals surface area (Å²) in [5.74, 6) is 0. The predicted octanol–water partition coefficient (Wildman–Crippen LogP) is -2.45. The molecular weight excluding hydrogens is 132 g/mol. The second-order valence-corrected chi connectivity index (χ2v) is 4.00. The molecule has 0 radical (unpaired) electrons. The third-order valence-electron chi connectivity index (χ3n) is 0.319. The summed E-state index contributed by atoms with van der Waals surface area (Å²) in [6.45, 7) is 1.45. The molecule has 0 aliphatic rings. The van der Waals surface area contributed by atoms with E-state index < -0.39 is 18.8 Å². The van der Waals surface area contributed by atoms with E-state index in [2.05, 4.69) is 4.12 Å². The normalized spacial score (nSPS) is 15.0. The van der Waals surface area contributed by atoms with Gasteiger partial charge in [-0.1, -0.05) is 0 Å². The van der Waals surface area contributed by atoms with Gasteiger partial charge in [-0.2, -0.15) is 0 Å². The van der Waals surface area contributed by atoms with Crippen molar-refractivity contribution in [2.24, 2.45) is 0 Å². The first-order chi connectivity index (χ1) is 3.13. The first-order valence-electron chi connectivity index (χ1n) is 1.82. The molecule has 44 valence electrons. The molecule has 1 unspecified atom stereocenters. The van der Waals surface area contributed by atoms with Crippen LogP contribution < -0.4 is 0 Å². The Morgan fingerprint density at radius 2 is 1.71 bits per heavy atom. The Kier molecular flexibility index (Phi) is 3.43. The summed E-state index contributed by atoms with van der Waals surface area (Å²) in [5, 5.41) is 0. The highest BCUT2D eigenvalue weighted by Gasteiger charge is 2.06. The lowest BCUT2D eigenvalue weighted by Gasteiger charge is -2.02. The molecule has 0 fully saturated rings. The van der Waals surface area contributed by atoms with Gasteiger partial charge in [0.1, 0.15) is 0 Å². The van der Waals surface area contributed by atoms with E-state index in [0.29, 0.717) is 0 Å². The molecule has 0 saturated heterocycles. The summed E-state index contributed by atoms with van der Waals surface area (Å²) in [4.78, 5) is 24.5. The lowest BCUT2D eigenvalue weighted by Crippen LogP contribution is -2.26. The number of hydrogen-bond acceptors (Lipinski definition) is 4. The van der Waals surface area contributed by atoms with Gasteiger partial charge in [0.05, 0.1) is 0 Å². The summed E-state index contributed by atoms with van der Waals surface area (Å²) < 4.78 is 4.19. The van der Waals surface area contributed by atoms with Crippen LogP contribution >= 0.6 is 0 Å². The first-order valence-corrected chi connectivity index (χ1v) is 5.47. The molecule has 7 heavy (non-hydrogen) atoms. The van der Waals surface area contributed by atoms with Crippen molar-refractivity contribution in [3.8, 4) is 0 Å². The average molecular weight is 140 g/mol. The Morgan fingerprint density at radius 1 is 1.29 bits per heavy atom. The quantitative estimate of drug-likeness (QED) is 0.372. The Hall–Kier alpha value is 0.274. The van der Waals surface area contributed by atoms with Crippen LogP contribution in [0.2, 0.25) is 6.55 Å². The van der Waals surface area contributed by atoms with Gasteiger partial charge in [-0.05, 0) is 6.55 Å². The molecule has 6 heteroatoms. The first kappa shape index (κ1) is 7.27. The van der Waals surface area contributed by atoms with Crippen LogP contribution in [-0.2, 0) is 4.12 Å². The molecule has 4 nitrogen and oxygen atoms in total. The topological polar surface area (TPSA) is 69.9 Å². The largest absolute Gasteiger partial charge is 0.469 e. The van der Waals surface area contributed by atoms with Crippen LogP contribution in [0.15, 0.2) is 0 Å². The lowest BCUT2D eigenvalue weighted by atomic mass is 11.9. The molecule has 1 atom stereocenters. The van der Waals surface area contributed by atoms with Gasteiger partial charge in [-0.3, -0.25) is 0 Å². The maximum absolute atomic E-state index is 8.35. The fourth-order valence-corrected chi connectivity index (χ4v) is 1.59. The van der Waals surface area contributed by atoms with Crippen LogP contribution in [0.1, 0.15) is 0 Å². The molecule has 0 aromatic rings. The molecule has 0 aromatic carbocycles. The van der Waals surface area contributed by atoms with E-state index in [-0.39, 0.29) is 0 Å². The van der Waals surface area contributed by atoms with Crippen molar-refractivity contribution in [1.29, 1.82) is 0 Å². The smallest absolute Gasteiger partial charge is 0.413 e. The molecule has 0 aliphatic carbocycles. The van der Waals surface area contributed by atoms with Crippen molar-refractivity contribution in [2.45, 2.75) is 6.55 Å². The van der Waals surface area contributed by atoms with E-state index in [1.165, 1.54) is 6.55 Å². The lowest BCUT2D eigenvalue weighted by molar-refractivity contribution is 0.265. The zero-order chi connectivity index (χ0) is 5.86. The third kappa shape index (κ3) is 6.27. The molecule has 0 bridgehead atoms. The fourth-order valence-electron chi connectivity index (χ4n) is 0.176. The molecule has 0 aliphatic heterocycles. The maximum Gasteiger partial charge on any atom is 0.469 e. The summed E-state index contributed by atoms with van der Waals surface area (Å²) in [6.07, 6.45) is 0. The summed E-state index contributed by atoms with van der Waals surface area (Å²) >= 11 is 0. The molecule has 0 rings (SSSR count). The van der Waals surface area contributed by atoms with Crippen molar-refractivity contribution in [1.82, 2.24) is 0 Å². The van der Waals surface area contributed by atoms with Crippen LogP contribution in [0.5, 0.6) is 0 Å². The minimum Gasteiger partial charge on any atom is -0.413 e. The van der Waals surface area contributed by atoms with E-state index in [9.17, 15) is 0 Å². The van der Waals surface area contributed by atoms with Gasteiger partial charge in [0.15, 0.2) is 0 Å². The van der Waals surface area contributed by atoms with Crippen LogP contribution in [0.25, 0.3) is 0 Å². The summed E-state index contributed by atoms with van der Waals surface area (Å²) in [7, 11) is -5.08. The Bertz CT molecular complexity index is 39.0. The molecule has 0 aromatic heterocycles. The third-order valence-corrected chi connectivity index (χ3v) is 2.87. The summed E-state index contributed by atoms with van der Waals surface area (Å²) in [6, 6.07) is 0. The SMILES string of the molecule is C[SiH](O)O[SiH](O)O. The average Bonchev–Trinajstić information content (AvgIpc) is 1.27. The second-order valence-electron chi connectivity index (χ2n) is 1.06. The van der Waals surface area contributed by atoms with Crippen molar-refractivity contribution in [2.75, 3.05) is 0 Å². The van der Waals surface area contributed by atoms with Gasteiger partial charge in [0.2, 0.25) is 0 Å². The van der Waals surface area contributed by atoms with Crippen LogP contribution in [-0.4, -0.2) is 33.2 Å². The van der Waals surface area contributed by atoms with Crippen molar-refractivity contribution >= 4 is 18.8 Å². The standard InChI is InChI=1S/CH8O4Si2/c1-6(2)5-7(3)4/h2-4,6-7H,1H3. The van der Waals surface area contributed by atoms with Crippen LogP contribution in [0.4, 0.5) is 0 Å². The van der Waals surface area contributed by atoms with E-state index in [1.807, 2.05) is 0 Å². The Morgan fingerprint density at radius 3 is 1.71 bits per heavy atom. The summed E-state index contributed by atoms with van der Waals surface area (Å²) in [5.41, 5.74) is 0. The van der Waals surface area contributed by atoms with Crippen molar-refractivity contribution < 1.29 is 18.5 Å². The highest BCUT2D eigenvalue weighted by atomic mass is 28.4. The van der Waals surface area contributed by atoms with Gasteiger partial charge in [-0.15, -0.1) is 0 Å². The van der Waals surface area contributed by atoms with Gasteiger partial charge < -0.3 is 18.5 Å². The molecule has 0 amide bonds. The highest BCUT2D eigenvalue weighted by Crippen LogP contribution is 1.77. The molecule has 3 N–H and O–H groups in total. The molecule has 0 saturated carbocycles. The number of rotatable bonds is 2. The van der Waals surface area contributed by atoms with Gasteiger partial charge >= 0.3 is 18.8 Å². The predicted molar refractivity (Wildman–Crippen MR) is 27.9 cm³/mol. The molecule has 0 spiro atoms.